The first-order valence-corrected chi connectivity index (χ1v) is 3.86. The van der Waals surface area contributed by atoms with Gasteiger partial charge in [0.05, 0.1) is 12.7 Å². The normalized spacial score (nSPS) is 10.9. The molecule has 0 aliphatic rings. The van der Waals surface area contributed by atoms with Crippen LogP contribution in [0.1, 0.15) is 25.2 Å². The zero-order valence-electron chi connectivity index (χ0n) is 7.00. The summed E-state index contributed by atoms with van der Waals surface area (Å²) in [6.45, 7) is 4.77. The predicted octanol–water partition coefficient (Wildman–Crippen LogP) is 1.33. The summed E-state index contributed by atoms with van der Waals surface area (Å²) in [6.07, 6.45) is 2.75. The van der Waals surface area contributed by atoms with Crippen LogP contribution in [0.25, 0.3) is 0 Å². The van der Waals surface area contributed by atoms with Gasteiger partial charge < -0.3 is 10.3 Å². The van der Waals surface area contributed by atoms with Gasteiger partial charge in [0.1, 0.15) is 0 Å². The summed E-state index contributed by atoms with van der Waals surface area (Å²) in [5.41, 5.74) is 6.58. The van der Waals surface area contributed by atoms with Crippen molar-refractivity contribution in [3.63, 3.8) is 0 Å². The molecule has 0 radical (unpaired) electrons. The molecule has 0 saturated carbocycles. The van der Waals surface area contributed by atoms with E-state index < -0.39 is 0 Å². The van der Waals surface area contributed by atoms with E-state index in [1.54, 1.807) is 6.20 Å². The van der Waals surface area contributed by atoms with Crippen molar-refractivity contribution < 1.29 is 4.52 Å². The van der Waals surface area contributed by atoms with Crippen LogP contribution in [-0.2, 0) is 13.0 Å². The molecule has 62 valence electrons. The monoisotopic (exact) mass is 154 g/mol. The van der Waals surface area contributed by atoms with Crippen LogP contribution >= 0.6 is 0 Å². The first-order valence-electron chi connectivity index (χ1n) is 3.86. The number of hydrogen-bond acceptors (Lipinski definition) is 3. The van der Waals surface area contributed by atoms with E-state index in [0.717, 1.165) is 17.7 Å². The van der Waals surface area contributed by atoms with Crippen LogP contribution in [0, 0.1) is 5.92 Å². The molecule has 1 rings (SSSR count). The second-order valence-electron chi connectivity index (χ2n) is 3.08. The van der Waals surface area contributed by atoms with E-state index >= 15 is 0 Å². The Kier molecular flexibility index (Phi) is 2.65. The molecule has 1 aromatic rings. The van der Waals surface area contributed by atoms with Crippen molar-refractivity contribution in [3.05, 3.63) is 17.5 Å². The molecule has 0 bridgehead atoms. The Balaban J connectivity index is 2.68. The summed E-state index contributed by atoms with van der Waals surface area (Å²) in [5, 5.41) is 3.69. The molecule has 0 aliphatic carbocycles. The minimum atomic E-state index is 0.446. The van der Waals surface area contributed by atoms with E-state index in [4.69, 9.17) is 10.3 Å². The van der Waals surface area contributed by atoms with Gasteiger partial charge in [0, 0.05) is 5.56 Å². The Hall–Kier alpha value is -0.830. The SMILES string of the molecule is CC(C)Cc1cnoc1CN. The van der Waals surface area contributed by atoms with Crippen molar-refractivity contribution in [2.75, 3.05) is 0 Å². The van der Waals surface area contributed by atoms with E-state index in [1.807, 2.05) is 0 Å². The Labute approximate surface area is 66.6 Å². The highest BCUT2D eigenvalue weighted by molar-refractivity contribution is 5.13. The predicted molar refractivity (Wildman–Crippen MR) is 42.9 cm³/mol. The number of nitrogens with two attached hydrogens (primary N) is 1. The summed E-state index contributed by atoms with van der Waals surface area (Å²) in [7, 11) is 0. The molecular weight excluding hydrogens is 140 g/mol. The van der Waals surface area contributed by atoms with Crippen LogP contribution in [0.5, 0.6) is 0 Å². The van der Waals surface area contributed by atoms with Gasteiger partial charge in [-0.1, -0.05) is 19.0 Å². The summed E-state index contributed by atoms with van der Waals surface area (Å²) in [6, 6.07) is 0. The molecule has 0 aromatic carbocycles. The number of rotatable bonds is 3. The Morgan fingerprint density at radius 3 is 2.91 bits per heavy atom. The number of aromatic nitrogens is 1. The highest BCUT2D eigenvalue weighted by atomic mass is 16.5. The van der Waals surface area contributed by atoms with Gasteiger partial charge in [0.25, 0.3) is 0 Å². The average Bonchev–Trinajstić information content (AvgIpc) is 2.34. The van der Waals surface area contributed by atoms with Crippen LogP contribution in [0.4, 0.5) is 0 Å². The third kappa shape index (κ3) is 2.05. The fraction of sp³-hybridized carbons (Fsp3) is 0.625. The third-order valence-corrected chi connectivity index (χ3v) is 1.54. The van der Waals surface area contributed by atoms with Crippen molar-refractivity contribution in [2.45, 2.75) is 26.8 Å². The third-order valence-electron chi connectivity index (χ3n) is 1.54. The minimum Gasteiger partial charge on any atom is -0.360 e. The van der Waals surface area contributed by atoms with Gasteiger partial charge >= 0.3 is 0 Å². The van der Waals surface area contributed by atoms with Crippen molar-refractivity contribution in [1.82, 2.24) is 5.16 Å². The van der Waals surface area contributed by atoms with Gasteiger partial charge in [-0.3, -0.25) is 0 Å². The van der Waals surface area contributed by atoms with Gasteiger partial charge in [0.2, 0.25) is 0 Å². The van der Waals surface area contributed by atoms with E-state index in [1.165, 1.54) is 0 Å². The van der Waals surface area contributed by atoms with Crippen LogP contribution < -0.4 is 5.73 Å². The van der Waals surface area contributed by atoms with Gasteiger partial charge in [-0.2, -0.15) is 0 Å². The van der Waals surface area contributed by atoms with Crippen LogP contribution in [0.3, 0.4) is 0 Å². The zero-order chi connectivity index (χ0) is 8.27. The lowest BCUT2D eigenvalue weighted by atomic mass is 10.0. The Morgan fingerprint density at radius 1 is 1.64 bits per heavy atom. The molecule has 0 unspecified atom stereocenters. The van der Waals surface area contributed by atoms with Crippen molar-refractivity contribution in [3.8, 4) is 0 Å². The largest absolute Gasteiger partial charge is 0.360 e. The summed E-state index contributed by atoms with van der Waals surface area (Å²) >= 11 is 0. The lowest BCUT2D eigenvalue weighted by Gasteiger charge is -2.01. The molecule has 1 aromatic heterocycles. The quantitative estimate of drug-likeness (QED) is 0.714. The number of nitrogens with zero attached hydrogens (tertiary/aromatic N) is 1. The van der Waals surface area contributed by atoms with Gasteiger partial charge in [-0.15, -0.1) is 0 Å². The highest BCUT2D eigenvalue weighted by Gasteiger charge is 2.06. The minimum absolute atomic E-state index is 0.446. The molecule has 0 fully saturated rings. The molecule has 0 spiro atoms. The van der Waals surface area contributed by atoms with Crippen molar-refractivity contribution >= 4 is 0 Å². The Bertz CT molecular complexity index is 218. The second kappa shape index (κ2) is 3.53. The zero-order valence-corrected chi connectivity index (χ0v) is 7.00. The molecule has 0 saturated heterocycles. The van der Waals surface area contributed by atoms with E-state index in [2.05, 4.69) is 19.0 Å². The van der Waals surface area contributed by atoms with Gasteiger partial charge in [-0.25, -0.2) is 0 Å². The Morgan fingerprint density at radius 2 is 2.36 bits per heavy atom. The maximum absolute atomic E-state index is 5.44. The molecule has 2 N–H and O–H groups in total. The highest BCUT2D eigenvalue weighted by Crippen LogP contribution is 2.12. The average molecular weight is 154 g/mol. The molecule has 3 nitrogen and oxygen atoms in total. The molecule has 0 aliphatic heterocycles. The van der Waals surface area contributed by atoms with Crippen LogP contribution in [0.2, 0.25) is 0 Å². The molecule has 3 heteroatoms. The maximum atomic E-state index is 5.44. The lowest BCUT2D eigenvalue weighted by Crippen LogP contribution is -2.01. The standard InChI is InChI=1S/C8H14N2O/c1-6(2)3-7-5-10-11-8(7)4-9/h5-6H,3-4,9H2,1-2H3. The van der Waals surface area contributed by atoms with Gasteiger partial charge in [0.15, 0.2) is 5.76 Å². The van der Waals surface area contributed by atoms with E-state index in [9.17, 15) is 0 Å². The summed E-state index contributed by atoms with van der Waals surface area (Å²) in [5.74, 6) is 1.44. The molecular formula is C8H14N2O. The fourth-order valence-corrected chi connectivity index (χ4v) is 1.06. The smallest absolute Gasteiger partial charge is 0.153 e. The van der Waals surface area contributed by atoms with Crippen molar-refractivity contribution in [1.29, 1.82) is 0 Å². The molecule has 11 heavy (non-hydrogen) atoms. The van der Waals surface area contributed by atoms with E-state index in [-0.39, 0.29) is 0 Å². The molecule has 0 atom stereocenters. The first-order chi connectivity index (χ1) is 5.24. The molecule has 0 amide bonds. The second-order valence-corrected chi connectivity index (χ2v) is 3.08. The maximum Gasteiger partial charge on any atom is 0.153 e. The summed E-state index contributed by atoms with van der Waals surface area (Å²) in [4.78, 5) is 0. The van der Waals surface area contributed by atoms with Gasteiger partial charge in [-0.05, 0) is 12.3 Å². The summed E-state index contributed by atoms with van der Waals surface area (Å²) < 4.78 is 4.94. The first kappa shape index (κ1) is 8.27. The fourth-order valence-electron chi connectivity index (χ4n) is 1.06. The van der Waals surface area contributed by atoms with E-state index in [0.29, 0.717) is 12.5 Å². The topological polar surface area (TPSA) is 52.0 Å². The number of hydrogen-bond donors (Lipinski definition) is 1. The molecule has 1 heterocycles. The van der Waals surface area contributed by atoms with Crippen molar-refractivity contribution in [2.24, 2.45) is 11.7 Å². The lowest BCUT2D eigenvalue weighted by molar-refractivity contribution is 0.382. The van der Waals surface area contributed by atoms with Crippen LogP contribution in [-0.4, -0.2) is 5.16 Å². The van der Waals surface area contributed by atoms with Crippen LogP contribution in [0.15, 0.2) is 10.7 Å².